The SMILES string of the molecule is CCC(CC)(CN)N1CC(C)C1. The summed E-state index contributed by atoms with van der Waals surface area (Å²) in [5.74, 6) is 0.883. The van der Waals surface area contributed by atoms with Crippen LogP contribution in [0.25, 0.3) is 0 Å². The van der Waals surface area contributed by atoms with Crippen molar-refractivity contribution in [3.05, 3.63) is 0 Å². The lowest BCUT2D eigenvalue weighted by Gasteiger charge is -2.51. The first-order valence-electron chi connectivity index (χ1n) is 5.13. The van der Waals surface area contributed by atoms with Crippen molar-refractivity contribution in [1.29, 1.82) is 0 Å². The molecule has 1 fully saturated rings. The Hall–Kier alpha value is -0.0800. The minimum absolute atomic E-state index is 0.312. The molecular formula is C10H22N2. The van der Waals surface area contributed by atoms with E-state index >= 15 is 0 Å². The van der Waals surface area contributed by atoms with Gasteiger partial charge in [0.05, 0.1) is 0 Å². The average molecular weight is 170 g/mol. The molecule has 0 aromatic heterocycles. The summed E-state index contributed by atoms with van der Waals surface area (Å²) < 4.78 is 0. The second-order valence-electron chi connectivity index (χ2n) is 4.15. The van der Waals surface area contributed by atoms with Crippen LogP contribution in [0.4, 0.5) is 0 Å². The van der Waals surface area contributed by atoms with E-state index in [9.17, 15) is 0 Å². The molecule has 0 atom stereocenters. The highest BCUT2D eigenvalue weighted by Gasteiger charge is 2.38. The van der Waals surface area contributed by atoms with Crippen molar-refractivity contribution in [2.24, 2.45) is 11.7 Å². The van der Waals surface area contributed by atoms with Crippen LogP contribution in [-0.4, -0.2) is 30.1 Å². The molecule has 0 aromatic rings. The maximum absolute atomic E-state index is 5.84. The second-order valence-corrected chi connectivity index (χ2v) is 4.15. The van der Waals surface area contributed by atoms with Crippen LogP contribution in [0.15, 0.2) is 0 Å². The van der Waals surface area contributed by atoms with Crippen LogP contribution >= 0.6 is 0 Å². The molecule has 0 aliphatic carbocycles. The maximum atomic E-state index is 5.84. The van der Waals surface area contributed by atoms with Gasteiger partial charge in [-0.25, -0.2) is 0 Å². The Morgan fingerprint density at radius 2 is 1.83 bits per heavy atom. The molecule has 1 rings (SSSR count). The monoisotopic (exact) mass is 170 g/mol. The van der Waals surface area contributed by atoms with E-state index in [1.54, 1.807) is 0 Å². The summed E-state index contributed by atoms with van der Waals surface area (Å²) in [5, 5.41) is 0. The zero-order chi connectivity index (χ0) is 9.19. The summed E-state index contributed by atoms with van der Waals surface area (Å²) in [4.78, 5) is 2.55. The lowest BCUT2D eigenvalue weighted by Crippen LogP contribution is -2.61. The number of hydrogen-bond acceptors (Lipinski definition) is 2. The van der Waals surface area contributed by atoms with Crippen molar-refractivity contribution in [2.75, 3.05) is 19.6 Å². The molecule has 1 aliphatic heterocycles. The number of hydrogen-bond donors (Lipinski definition) is 1. The highest BCUT2D eigenvalue weighted by molar-refractivity contribution is 4.95. The first kappa shape index (κ1) is 10.0. The number of rotatable bonds is 4. The number of nitrogens with two attached hydrogens (primary N) is 1. The predicted molar refractivity (Wildman–Crippen MR) is 53.1 cm³/mol. The molecule has 2 N–H and O–H groups in total. The van der Waals surface area contributed by atoms with Crippen LogP contribution in [0.1, 0.15) is 33.6 Å². The Balaban J connectivity index is 2.53. The Morgan fingerprint density at radius 1 is 1.33 bits per heavy atom. The summed E-state index contributed by atoms with van der Waals surface area (Å²) in [6.45, 7) is 10.1. The molecule has 1 aliphatic rings. The third-order valence-electron chi connectivity index (χ3n) is 3.43. The van der Waals surface area contributed by atoms with Crippen LogP contribution in [0, 0.1) is 5.92 Å². The van der Waals surface area contributed by atoms with E-state index in [4.69, 9.17) is 5.73 Å². The van der Waals surface area contributed by atoms with Crippen molar-refractivity contribution in [3.8, 4) is 0 Å². The third-order valence-corrected chi connectivity index (χ3v) is 3.43. The van der Waals surface area contributed by atoms with E-state index in [1.165, 1.54) is 25.9 Å². The standard InChI is InChI=1S/C10H22N2/c1-4-10(5-2,8-11)12-6-9(3)7-12/h9H,4-8,11H2,1-3H3. The van der Waals surface area contributed by atoms with E-state index in [-0.39, 0.29) is 0 Å². The van der Waals surface area contributed by atoms with E-state index in [2.05, 4.69) is 25.7 Å². The summed E-state index contributed by atoms with van der Waals surface area (Å²) in [5.41, 5.74) is 6.15. The van der Waals surface area contributed by atoms with Crippen LogP contribution in [0.5, 0.6) is 0 Å². The normalized spacial score (nSPS) is 21.0. The van der Waals surface area contributed by atoms with Gasteiger partial charge < -0.3 is 5.73 Å². The summed E-state index contributed by atoms with van der Waals surface area (Å²) in [6.07, 6.45) is 2.37. The molecule has 0 aromatic carbocycles. The summed E-state index contributed by atoms with van der Waals surface area (Å²) in [7, 11) is 0. The molecule has 0 saturated carbocycles. The Morgan fingerprint density at radius 3 is 2.08 bits per heavy atom. The molecule has 0 bridgehead atoms. The molecule has 0 amide bonds. The van der Waals surface area contributed by atoms with Crippen molar-refractivity contribution < 1.29 is 0 Å². The Labute approximate surface area is 76.1 Å². The fraction of sp³-hybridized carbons (Fsp3) is 1.00. The first-order chi connectivity index (χ1) is 5.68. The van der Waals surface area contributed by atoms with Crippen LogP contribution in [0.2, 0.25) is 0 Å². The van der Waals surface area contributed by atoms with Crippen molar-refractivity contribution in [2.45, 2.75) is 39.2 Å². The lowest BCUT2D eigenvalue weighted by atomic mass is 9.85. The van der Waals surface area contributed by atoms with Gasteiger partial charge >= 0.3 is 0 Å². The molecule has 2 heteroatoms. The highest BCUT2D eigenvalue weighted by Crippen LogP contribution is 2.30. The largest absolute Gasteiger partial charge is 0.329 e. The van der Waals surface area contributed by atoms with Crippen molar-refractivity contribution >= 4 is 0 Å². The molecule has 0 unspecified atom stereocenters. The second kappa shape index (κ2) is 3.75. The van der Waals surface area contributed by atoms with Gasteiger partial charge in [-0.05, 0) is 18.8 Å². The fourth-order valence-electron chi connectivity index (χ4n) is 2.20. The minimum atomic E-state index is 0.312. The van der Waals surface area contributed by atoms with Gasteiger partial charge in [-0.15, -0.1) is 0 Å². The zero-order valence-corrected chi connectivity index (χ0v) is 8.64. The smallest absolute Gasteiger partial charge is 0.0326 e. The summed E-state index contributed by atoms with van der Waals surface area (Å²) in [6, 6.07) is 0. The average Bonchev–Trinajstić information content (AvgIpc) is 2.05. The van der Waals surface area contributed by atoms with E-state index in [1.807, 2.05) is 0 Å². The minimum Gasteiger partial charge on any atom is -0.329 e. The van der Waals surface area contributed by atoms with E-state index < -0.39 is 0 Å². The Kier molecular flexibility index (Phi) is 3.13. The fourth-order valence-corrected chi connectivity index (χ4v) is 2.20. The van der Waals surface area contributed by atoms with Gasteiger partial charge in [0, 0.05) is 25.2 Å². The number of likely N-dealkylation sites (tertiary alicyclic amines) is 1. The maximum Gasteiger partial charge on any atom is 0.0326 e. The highest BCUT2D eigenvalue weighted by atomic mass is 15.3. The molecule has 0 radical (unpaired) electrons. The topological polar surface area (TPSA) is 29.3 Å². The molecule has 1 heterocycles. The molecule has 1 saturated heterocycles. The first-order valence-corrected chi connectivity index (χ1v) is 5.13. The third kappa shape index (κ3) is 1.50. The van der Waals surface area contributed by atoms with Gasteiger partial charge in [-0.2, -0.15) is 0 Å². The van der Waals surface area contributed by atoms with Gasteiger partial charge in [0.2, 0.25) is 0 Å². The summed E-state index contributed by atoms with van der Waals surface area (Å²) >= 11 is 0. The molecule has 12 heavy (non-hydrogen) atoms. The van der Waals surface area contributed by atoms with Gasteiger partial charge in [-0.3, -0.25) is 4.90 Å². The van der Waals surface area contributed by atoms with Crippen LogP contribution in [0.3, 0.4) is 0 Å². The quantitative estimate of drug-likeness (QED) is 0.692. The molecular weight excluding hydrogens is 148 g/mol. The van der Waals surface area contributed by atoms with Crippen molar-refractivity contribution in [1.82, 2.24) is 4.90 Å². The van der Waals surface area contributed by atoms with Crippen molar-refractivity contribution in [3.63, 3.8) is 0 Å². The van der Waals surface area contributed by atoms with Gasteiger partial charge in [0.25, 0.3) is 0 Å². The van der Waals surface area contributed by atoms with Crippen LogP contribution < -0.4 is 5.73 Å². The molecule has 72 valence electrons. The van der Waals surface area contributed by atoms with Crippen LogP contribution in [-0.2, 0) is 0 Å². The van der Waals surface area contributed by atoms with E-state index in [0.717, 1.165) is 12.5 Å². The number of nitrogens with zero attached hydrogens (tertiary/aromatic N) is 1. The van der Waals surface area contributed by atoms with Gasteiger partial charge in [-0.1, -0.05) is 20.8 Å². The van der Waals surface area contributed by atoms with Gasteiger partial charge in [0.15, 0.2) is 0 Å². The zero-order valence-electron chi connectivity index (χ0n) is 8.64. The van der Waals surface area contributed by atoms with E-state index in [0.29, 0.717) is 5.54 Å². The Bertz CT molecular complexity index is 127. The lowest BCUT2D eigenvalue weighted by molar-refractivity contribution is -0.0100. The molecule has 2 nitrogen and oxygen atoms in total. The molecule has 0 spiro atoms. The predicted octanol–water partition coefficient (Wildman–Crippen LogP) is 1.46. The van der Waals surface area contributed by atoms with Gasteiger partial charge in [0.1, 0.15) is 0 Å².